The molecule has 0 atom stereocenters. The van der Waals surface area contributed by atoms with Crippen molar-refractivity contribution in [2.75, 3.05) is 0 Å². The number of hydrogen-bond donors (Lipinski definition) is 0. The van der Waals surface area contributed by atoms with Gasteiger partial charge in [0.05, 0.1) is 0 Å². The van der Waals surface area contributed by atoms with Crippen LogP contribution in [0.5, 0.6) is 0 Å². The van der Waals surface area contributed by atoms with Gasteiger partial charge in [-0.05, 0) is 57.4 Å². The van der Waals surface area contributed by atoms with Gasteiger partial charge in [-0.3, -0.25) is 0 Å². The van der Waals surface area contributed by atoms with Gasteiger partial charge in [0.1, 0.15) is 0 Å². The topological polar surface area (TPSA) is 0 Å². The summed E-state index contributed by atoms with van der Waals surface area (Å²) >= 11 is 0. The van der Waals surface area contributed by atoms with Crippen molar-refractivity contribution in [2.24, 2.45) is 0 Å². The first-order chi connectivity index (χ1) is 9.27. The fourth-order valence-corrected chi connectivity index (χ4v) is 3.57. The SMILES string of the molecule is CC(C)c1ccc2c3c(cccc13)C1=CCCC=C12. The van der Waals surface area contributed by atoms with Crippen LogP contribution in [0.3, 0.4) is 0 Å². The largest absolute Gasteiger partial charge is 0.0757 e. The van der Waals surface area contributed by atoms with Crippen LogP contribution in [-0.2, 0) is 0 Å². The van der Waals surface area contributed by atoms with Crippen molar-refractivity contribution < 1.29 is 0 Å². The highest BCUT2D eigenvalue weighted by Gasteiger charge is 2.25. The van der Waals surface area contributed by atoms with E-state index in [1.807, 2.05) is 0 Å². The van der Waals surface area contributed by atoms with E-state index in [0.717, 1.165) is 0 Å². The molecule has 0 radical (unpaired) electrons. The average molecular weight is 246 g/mol. The molecule has 0 unspecified atom stereocenters. The number of allylic oxidation sites excluding steroid dienone is 4. The standard InChI is InChI=1S/C19H18/c1-12(2)13-10-11-18-15-7-4-3-6-14(15)17-9-5-8-16(13)19(17)18/h5-12H,3-4H2,1-2H3. The molecule has 2 aliphatic rings. The first kappa shape index (κ1) is 11.0. The van der Waals surface area contributed by atoms with Crippen molar-refractivity contribution in [3.05, 3.63) is 59.2 Å². The van der Waals surface area contributed by atoms with Gasteiger partial charge in [-0.1, -0.05) is 56.3 Å². The zero-order valence-electron chi connectivity index (χ0n) is 11.5. The fourth-order valence-electron chi connectivity index (χ4n) is 3.57. The van der Waals surface area contributed by atoms with Crippen LogP contribution in [0.4, 0.5) is 0 Å². The molecule has 0 N–H and O–H groups in total. The van der Waals surface area contributed by atoms with Crippen molar-refractivity contribution in [1.29, 1.82) is 0 Å². The summed E-state index contributed by atoms with van der Waals surface area (Å²) in [6.45, 7) is 4.56. The first-order valence-electron chi connectivity index (χ1n) is 7.24. The van der Waals surface area contributed by atoms with E-state index >= 15 is 0 Å². The van der Waals surface area contributed by atoms with Crippen molar-refractivity contribution in [3.63, 3.8) is 0 Å². The van der Waals surface area contributed by atoms with Crippen molar-refractivity contribution in [2.45, 2.75) is 32.6 Å². The Morgan fingerprint density at radius 2 is 1.53 bits per heavy atom. The Morgan fingerprint density at radius 3 is 2.21 bits per heavy atom. The molecular formula is C19H18. The molecule has 0 spiro atoms. The maximum absolute atomic E-state index is 2.42. The third-order valence-corrected chi connectivity index (χ3v) is 4.43. The zero-order chi connectivity index (χ0) is 13.0. The highest BCUT2D eigenvalue weighted by molar-refractivity contribution is 6.22. The second kappa shape index (κ2) is 3.84. The van der Waals surface area contributed by atoms with Gasteiger partial charge >= 0.3 is 0 Å². The van der Waals surface area contributed by atoms with Gasteiger partial charge in [-0.2, -0.15) is 0 Å². The van der Waals surface area contributed by atoms with E-state index in [4.69, 9.17) is 0 Å². The molecule has 94 valence electrons. The molecule has 0 aliphatic heterocycles. The summed E-state index contributed by atoms with van der Waals surface area (Å²) in [5.74, 6) is 0.579. The Labute approximate surface area is 114 Å². The Kier molecular flexibility index (Phi) is 2.23. The molecular weight excluding hydrogens is 228 g/mol. The smallest absolute Gasteiger partial charge is 0.00237 e. The van der Waals surface area contributed by atoms with Crippen LogP contribution in [0.25, 0.3) is 21.9 Å². The summed E-state index contributed by atoms with van der Waals surface area (Å²) in [4.78, 5) is 0. The number of benzene rings is 2. The predicted octanol–water partition coefficient (Wildman–Crippen LogP) is 5.54. The first-order valence-corrected chi connectivity index (χ1v) is 7.24. The van der Waals surface area contributed by atoms with E-state index in [0.29, 0.717) is 5.92 Å². The number of hydrogen-bond acceptors (Lipinski definition) is 0. The van der Waals surface area contributed by atoms with Gasteiger partial charge in [-0.15, -0.1) is 0 Å². The molecule has 0 nitrogen and oxygen atoms in total. The molecule has 19 heavy (non-hydrogen) atoms. The van der Waals surface area contributed by atoms with Crippen LogP contribution in [0.2, 0.25) is 0 Å². The molecule has 0 saturated heterocycles. The van der Waals surface area contributed by atoms with Gasteiger partial charge in [0.25, 0.3) is 0 Å². The molecule has 2 aliphatic carbocycles. The number of fused-ring (bicyclic) bond motifs is 3. The lowest BCUT2D eigenvalue weighted by Crippen LogP contribution is -1.90. The van der Waals surface area contributed by atoms with Gasteiger partial charge < -0.3 is 0 Å². The molecule has 2 aromatic carbocycles. The monoisotopic (exact) mass is 246 g/mol. The second-order valence-corrected chi connectivity index (χ2v) is 5.90. The molecule has 0 heterocycles. The minimum atomic E-state index is 0.579. The lowest BCUT2D eigenvalue weighted by molar-refractivity contribution is 0.876. The molecule has 0 saturated carbocycles. The highest BCUT2D eigenvalue weighted by Crippen LogP contribution is 2.48. The third kappa shape index (κ3) is 1.40. The summed E-state index contributed by atoms with van der Waals surface area (Å²) in [7, 11) is 0. The molecule has 0 heteroatoms. The minimum Gasteiger partial charge on any atom is -0.0757 e. The van der Waals surface area contributed by atoms with Crippen LogP contribution in [0.15, 0.2) is 42.5 Å². The van der Waals surface area contributed by atoms with E-state index in [1.165, 1.54) is 51.5 Å². The van der Waals surface area contributed by atoms with Gasteiger partial charge in [0.15, 0.2) is 0 Å². The predicted molar refractivity (Wildman–Crippen MR) is 83.2 cm³/mol. The molecule has 0 fully saturated rings. The van der Waals surface area contributed by atoms with Crippen LogP contribution in [0.1, 0.15) is 49.3 Å². The summed E-state index contributed by atoms with van der Waals surface area (Å²) in [6, 6.07) is 11.4. The van der Waals surface area contributed by atoms with Crippen LogP contribution >= 0.6 is 0 Å². The minimum absolute atomic E-state index is 0.579. The lowest BCUT2D eigenvalue weighted by atomic mass is 9.93. The average Bonchev–Trinajstić information content (AvgIpc) is 2.76. The van der Waals surface area contributed by atoms with Crippen molar-refractivity contribution in [3.8, 4) is 0 Å². The van der Waals surface area contributed by atoms with Gasteiger partial charge in [0, 0.05) is 0 Å². The third-order valence-electron chi connectivity index (χ3n) is 4.43. The normalized spacial score (nSPS) is 16.6. The lowest BCUT2D eigenvalue weighted by Gasteiger charge is -2.11. The second-order valence-electron chi connectivity index (χ2n) is 5.90. The zero-order valence-corrected chi connectivity index (χ0v) is 11.5. The Hall–Kier alpha value is -1.82. The molecule has 2 aromatic rings. The van der Waals surface area contributed by atoms with Gasteiger partial charge in [-0.25, -0.2) is 0 Å². The van der Waals surface area contributed by atoms with E-state index in [1.54, 1.807) is 0 Å². The van der Waals surface area contributed by atoms with Crippen LogP contribution < -0.4 is 0 Å². The van der Waals surface area contributed by atoms with E-state index in [2.05, 4.69) is 56.3 Å². The maximum Gasteiger partial charge on any atom is -0.00237 e. The quantitative estimate of drug-likeness (QED) is 0.620. The van der Waals surface area contributed by atoms with Crippen LogP contribution in [-0.4, -0.2) is 0 Å². The summed E-state index contributed by atoms with van der Waals surface area (Å²) in [5, 5.41) is 2.93. The van der Waals surface area contributed by atoms with E-state index in [9.17, 15) is 0 Å². The Balaban J connectivity index is 2.15. The molecule has 0 bridgehead atoms. The van der Waals surface area contributed by atoms with E-state index < -0.39 is 0 Å². The highest BCUT2D eigenvalue weighted by atomic mass is 14.3. The fraction of sp³-hybridized carbons (Fsp3) is 0.263. The summed E-state index contributed by atoms with van der Waals surface area (Å²) in [6.07, 6.45) is 7.19. The Morgan fingerprint density at radius 1 is 0.842 bits per heavy atom. The van der Waals surface area contributed by atoms with E-state index in [-0.39, 0.29) is 0 Å². The maximum atomic E-state index is 2.42. The summed E-state index contributed by atoms with van der Waals surface area (Å²) in [5.41, 5.74) is 7.29. The van der Waals surface area contributed by atoms with Gasteiger partial charge in [0.2, 0.25) is 0 Å². The summed E-state index contributed by atoms with van der Waals surface area (Å²) < 4.78 is 0. The number of rotatable bonds is 1. The molecule has 0 amide bonds. The molecule has 0 aromatic heterocycles. The molecule has 4 rings (SSSR count). The Bertz CT molecular complexity index is 716. The van der Waals surface area contributed by atoms with Crippen molar-refractivity contribution >= 4 is 21.9 Å². The van der Waals surface area contributed by atoms with Crippen LogP contribution in [0, 0.1) is 0 Å². The van der Waals surface area contributed by atoms with Crippen molar-refractivity contribution in [1.82, 2.24) is 0 Å².